The van der Waals surface area contributed by atoms with Gasteiger partial charge in [0.2, 0.25) is 0 Å². The summed E-state index contributed by atoms with van der Waals surface area (Å²) in [7, 11) is 0. The fraction of sp³-hybridized carbons (Fsp3) is 0.308. The van der Waals surface area contributed by atoms with E-state index in [0.29, 0.717) is 0 Å². The third-order valence-electron chi connectivity index (χ3n) is 5.10. The molecule has 3 aromatic rings. The molecule has 1 heteroatoms. The van der Waals surface area contributed by atoms with Crippen molar-refractivity contribution in [2.75, 3.05) is 4.90 Å². The van der Waals surface area contributed by atoms with Gasteiger partial charge in [-0.05, 0) is 68.7 Å². The number of hydrogen-bond donors (Lipinski definition) is 0. The van der Waals surface area contributed by atoms with Crippen molar-refractivity contribution in [3.8, 4) is 0 Å². The molecular formula is C26H31N. The third-order valence-corrected chi connectivity index (χ3v) is 5.10. The van der Waals surface area contributed by atoms with E-state index in [9.17, 15) is 0 Å². The normalized spacial score (nSPS) is 10.8. The molecule has 0 aliphatic rings. The lowest BCUT2D eigenvalue weighted by atomic mass is 10.1. The van der Waals surface area contributed by atoms with Gasteiger partial charge in [0.15, 0.2) is 0 Å². The van der Waals surface area contributed by atoms with E-state index in [2.05, 4.69) is 98.5 Å². The second-order valence-electron chi connectivity index (χ2n) is 7.48. The smallest absolute Gasteiger partial charge is 0.0461 e. The summed E-state index contributed by atoms with van der Waals surface area (Å²) in [5.41, 5.74) is 7.60. The van der Waals surface area contributed by atoms with Crippen molar-refractivity contribution in [3.63, 3.8) is 0 Å². The van der Waals surface area contributed by atoms with Crippen LogP contribution in [0, 0.1) is 13.8 Å². The average Bonchev–Trinajstić information content (AvgIpc) is 2.69. The van der Waals surface area contributed by atoms with Crippen molar-refractivity contribution in [1.29, 1.82) is 0 Å². The first kappa shape index (κ1) is 19.2. The molecule has 0 unspecified atom stereocenters. The molecule has 140 valence electrons. The number of hydrogen-bond acceptors (Lipinski definition) is 1. The predicted molar refractivity (Wildman–Crippen MR) is 118 cm³/mol. The summed E-state index contributed by atoms with van der Waals surface area (Å²) in [6, 6.07) is 26.6. The number of benzene rings is 3. The summed E-state index contributed by atoms with van der Waals surface area (Å²) >= 11 is 0. The Balaban J connectivity index is 1.86. The number of anilines is 3. The number of nitrogens with zero attached hydrogens (tertiary/aromatic N) is 1. The van der Waals surface area contributed by atoms with Gasteiger partial charge in [0.05, 0.1) is 0 Å². The van der Waals surface area contributed by atoms with Crippen molar-refractivity contribution < 1.29 is 0 Å². The molecule has 1 nitrogen and oxygen atoms in total. The molecular weight excluding hydrogens is 326 g/mol. The van der Waals surface area contributed by atoms with Crippen molar-refractivity contribution in [2.24, 2.45) is 0 Å². The van der Waals surface area contributed by atoms with Crippen LogP contribution in [0.4, 0.5) is 17.1 Å². The van der Waals surface area contributed by atoms with Crippen LogP contribution in [-0.2, 0) is 6.42 Å². The van der Waals surface area contributed by atoms with Crippen molar-refractivity contribution in [3.05, 3.63) is 89.5 Å². The Labute approximate surface area is 164 Å². The van der Waals surface area contributed by atoms with Crippen LogP contribution in [0.2, 0.25) is 0 Å². The Hall–Kier alpha value is -2.54. The molecule has 0 saturated heterocycles. The Morgan fingerprint density at radius 3 is 1.44 bits per heavy atom. The summed E-state index contributed by atoms with van der Waals surface area (Å²) in [5, 5.41) is 0. The number of unbranched alkanes of at least 4 members (excludes halogenated alkanes) is 3. The molecule has 0 aliphatic heterocycles. The van der Waals surface area contributed by atoms with E-state index >= 15 is 0 Å². The maximum absolute atomic E-state index is 2.33. The van der Waals surface area contributed by atoms with Crippen LogP contribution in [-0.4, -0.2) is 0 Å². The topological polar surface area (TPSA) is 3.24 Å². The van der Waals surface area contributed by atoms with Crippen LogP contribution in [0.3, 0.4) is 0 Å². The van der Waals surface area contributed by atoms with Crippen LogP contribution in [0.25, 0.3) is 0 Å². The van der Waals surface area contributed by atoms with E-state index in [1.54, 1.807) is 0 Å². The van der Waals surface area contributed by atoms with Gasteiger partial charge in [0.1, 0.15) is 0 Å². The summed E-state index contributed by atoms with van der Waals surface area (Å²) in [4.78, 5) is 2.33. The zero-order valence-electron chi connectivity index (χ0n) is 16.9. The summed E-state index contributed by atoms with van der Waals surface area (Å²) in [5.74, 6) is 0. The van der Waals surface area contributed by atoms with Crippen LogP contribution in [0.5, 0.6) is 0 Å². The first-order valence-corrected chi connectivity index (χ1v) is 10.2. The first-order chi connectivity index (χ1) is 13.2. The summed E-state index contributed by atoms with van der Waals surface area (Å²) < 4.78 is 0. The van der Waals surface area contributed by atoms with Crippen LogP contribution in [0.1, 0.15) is 49.3 Å². The minimum atomic E-state index is 1.18. The Kier molecular flexibility index (Phi) is 6.70. The highest BCUT2D eigenvalue weighted by Crippen LogP contribution is 2.34. The van der Waals surface area contributed by atoms with Gasteiger partial charge < -0.3 is 4.90 Å². The largest absolute Gasteiger partial charge is 0.311 e. The second-order valence-corrected chi connectivity index (χ2v) is 7.48. The van der Waals surface area contributed by atoms with Gasteiger partial charge in [-0.3, -0.25) is 0 Å². The molecule has 0 bridgehead atoms. The Morgan fingerprint density at radius 2 is 1.00 bits per heavy atom. The maximum atomic E-state index is 2.33. The molecule has 0 aliphatic carbocycles. The molecule has 27 heavy (non-hydrogen) atoms. The SMILES string of the molecule is CCCCCCc1ccc(N(c2ccc(C)cc2)c2ccc(C)cc2)cc1. The Morgan fingerprint density at radius 1 is 0.556 bits per heavy atom. The number of aryl methyl sites for hydroxylation is 3. The van der Waals surface area contributed by atoms with Gasteiger partial charge in [-0.25, -0.2) is 0 Å². The van der Waals surface area contributed by atoms with E-state index < -0.39 is 0 Å². The highest BCUT2D eigenvalue weighted by atomic mass is 15.1. The fourth-order valence-corrected chi connectivity index (χ4v) is 3.40. The van der Waals surface area contributed by atoms with E-state index in [0.717, 1.165) is 0 Å². The molecule has 3 rings (SSSR count). The first-order valence-electron chi connectivity index (χ1n) is 10.2. The zero-order chi connectivity index (χ0) is 19.1. The average molecular weight is 358 g/mol. The van der Waals surface area contributed by atoms with Crippen LogP contribution < -0.4 is 4.90 Å². The molecule has 0 N–H and O–H groups in total. The van der Waals surface area contributed by atoms with Gasteiger partial charge in [-0.15, -0.1) is 0 Å². The molecule has 0 aromatic heterocycles. The molecule has 0 amide bonds. The van der Waals surface area contributed by atoms with E-state index in [1.807, 2.05) is 0 Å². The van der Waals surface area contributed by atoms with E-state index in [4.69, 9.17) is 0 Å². The fourth-order valence-electron chi connectivity index (χ4n) is 3.40. The summed E-state index contributed by atoms with van der Waals surface area (Å²) in [6.45, 7) is 6.53. The lowest BCUT2D eigenvalue weighted by Gasteiger charge is -2.26. The molecule has 0 atom stereocenters. The van der Waals surface area contributed by atoms with Crippen molar-refractivity contribution in [2.45, 2.75) is 52.9 Å². The Bertz CT molecular complexity index is 768. The quantitative estimate of drug-likeness (QED) is 0.370. The number of rotatable bonds is 8. The maximum Gasteiger partial charge on any atom is 0.0461 e. The van der Waals surface area contributed by atoms with Gasteiger partial charge in [-0.1, -0.05) is 73.7 Å². The van der Waals surface area contributed by atoms with Gasteiger partial charge in [0, 0.05) is 17.1 Å². The van der Waals surface area contributed by atoms with Crippen molar-refractivity contribution >= 4 is 17.1 Å². The minimum absolute atomic E-state index is 1.18. The molecule has 3 aromatic carbocycles. The van der Waals surface area contributed by atoms with E-state index in [1.165, 1.54) is 65.9 Å². The van der Waals surface area contributed by atoms with E-state index in [-0.39, 0.29) is 0 Å². The lowest BCUT2D eigenvalue weighted by Crippen LogP contribution is -2.10. The van der Waals surface area contributed by atoms with Crippen LogP contribution in [0.15, 0.2) is 72.8 Å². The predicted octanol–water partition coefficient (Wildman–Crippen LogP) is 7.90. The standard InChI is InChI=1S/C26H31N/c1-4-5-6-7-8-23-13-19-26(20-14-23)27(24-15-9-21(2)10-16-24)25-17-11-22(3)12-18-25/h9-20H,4-8H2,1-3H3. The molecule has 0 radical (unpaired) electrons. The minimum Gasteiger partial charge on any atom is -0.311 e. The second kappa shape index (κ2) is 9.41. The molecule has 0 spiro atoms. The lowest BCUT2D eigenvalue weighted by molar-refractivity contribution is 0.667. The third kappa shape index (κ3) is 5.23. The highest BCUT2D eigenvalue weighted by molar-refractivity contribution is 5.76. The monoisotopic (exact) mass is 357 g/mol. The molecule has 0 heterocycles. The van der Waals surface area contributed by atoms with Gasteiger partial charge in [-0.2, -0.15) is 0 Å². The summed E-state index contributed by atoms with van der Waals surface area (Å²) in [6.07, 6.45) is 6.42. The highest BCUT2D eigenvalue weighted by Gasteiger charge is 2.12. The van der Waals surface area contributed by atoms with Gasteiger partial charge >= 0.3 is 0 Å². The molecule has 0 saturated carbocycles. The van der Waals surface area contributed by atoms with Gasteiger partial charge in [0.25, 0.3) is 0 Å². The van der Waals surface area contributed by atoms with Crippen LogP contribution >= 0.6 is 0 Å². The zero-order valence-corrected chi connectivity index (χ0v) is 16.9. The molecule has 0 fully saturated rings. The van der Waals surface area contributed by atoms with Crippen molar-refractivity contribution in [1.82, 2.24) is 0 Å².